The first-order chi connectivity index (χ1) is 8.97. The second-order valence-corrected chi connectivity index (χ2v) is 10.8. The van der Waals surface area contributed by atoms with Crippen LogP contribution in [0.15, 0.2) is 12.1 Å². The number of nitrogens with zero attached hydrogens (tertiary/aromatic N) is 2. The van der Waals surface area contributed by atoms with E-state index >= 15 is 0 Å². The zero-order valence-corrected chi connectivity index (χ0v) is 13.3. The molecular weight excluding hydrogens is 365 g/mol. The number of rotatable bonds is 3. The average Bonchev–Trinajstić information content (AvgIpc) is 2.34. The number of phenolic OH excluding ortho intramolecular Hbond substituents is 1. The van der Waals surface area contributed by atoms with Crippen LogP contribution in [0, 0.1) is 11.6 Å². The zero-order valence-electron chi connectivity index (χ0n) is 11.2. The van der Waals surface area contributed by atoms with Crippen molar-refractivity contribution in [1.82, 2.24) is 4.90 Å². The van der Waals surface area contributed by atoms with Crippen LogP contribution in [0.3, 0.4) is 0 Å². The summed E-state index contributed by atoms with van der Waals surface area (Å²) in [5.74, 6) is -1.97. The van der Waals surface area contributed by atoms with Crippen molar-refractivity contribution in [2.24, 2.45) is 0 Å². The molecule has 0 aromatic heterocycles. The first kappa shape index (κ1) is 14.8. The van der Waals surface area contributed by atoms with Crippen molar-refractivity contribution in [1.29, 1.82) is 0 Å². The Bertz CT molecular complexity index is 449. The van der Waals surface area contributed by atoms with Gasteiger partial charge in [0, 0.05) is 0 Å². The minimum absolute atomic E-state index is 0.248. The molecule has 6 heteroatoms. The van der Waals surface area contributed by atoms with Gasteiger partial charge < -0.3 is 0 Å². The van der Waals surface area contributed by atoms with Gasteiger partial charge in [0.2, 0.25) is 0 Å². The third-order valence-electron chi connectivity index (χ3n) is 3.14. The van der Waals surface area contributed by atoms with Crippen LogP contribution in [0.4, 0.5) is 14.5 Å². The molecule has 19 heavy (non-hydrogen) atoms. The SMILES string of the molecule is CI(C)CN1CCN(c2cc(F)c(O)cc2F)CC1. The van der Waals surface area contributed by atoms with Crippen LogP contribution in [0.2, 0.25) is 0 Å². The predicted molar refractivity (Wildman–Crippen MR) is 82.5 cm³/mol. The molecule has 0 saturated carbocycles. The fraction of sp³-hybridized carbons (Fsp3) is 0.538. The van der Waals surface area contributed by atoms with Crippen molar-refractivity contribution >= 4 is 25.5 Å². The number of aromatic hydroxyl groups is 1. The van der Waals surface area contributed by atoms with Crippen LogP contribution in [0.1, 0.15) is 0 Å². The molecule has 0 radical (unpaired) electrons. The molecule has 0 atom stereocenters. The topological polar surface area (TPSA) is 26.7 Å². The Morgan fingerprint density at radius 2 is 1.74 bits per heavy atom. The first-order valence-electron chi connectivity index (χ1n) is 6.08. The molecule has 0 unspecified atom stereocenters. The Hall–Kier alpha value is -0.630. The Kier molecular flexibility index (Phi) is 4.83. The van der Waals surface area contributed by atoms with E-state index in [-0.39, 0.29) is 5.69 Å². The van der Waals surface area contributed by atoms with Crippen molar-refractivity contribution in [3.63, 3.8) is 0 Å². The van der Waals surface area contributed by atoms with Crippen molar-refractivity contribution in [3.8, 4) is 5.75 Å². The van der Waals surface area contributed by atoms with Crippen LogP contribution < -0.4 is 4.90 Å². The van der Waals surface area contributed by atoms with E-state index in [4.69, 9.17) is 5.11 Å². The molecule has 1 aromatic rings. The molecular formula is C13H19F2IN2O. The van der Waals surface area contributed by atoms with Crippen LogP contribution >= 0.6 is 19.8 Å². The number of anilines is 1. The Morgan fingerprint density at radius 1 is 1.11 bits per heavy atom. The van der Waals surface area contributed by atoms with Gasteiger partial charge in [0.1, 0.15) is 0 Å². The summed E-state index contributed by atoms with van der Waals surface area (Å²) in [6, 6.07) is 1.93. The van der Waals surface area contributed by atoms with Gasteiger partial charge in [-0.2, -0.15) is 0 Å². The number of alkyl halides is 3. The van der Waals surface area contributed by atoms with Gasteiger partial charge in [-0.1, -0.05) is 0 Å². The molecule has 1 aliphatic heterocycles. The van der Waals surface area contributed by atoms with Gasteiger partial charge in [-0.15, -0.1) is 0 Å². The number of hydrogen-bond acceptors (Lipinski definition) is 3. The third kappa shape index (κ3) is 3.68. The molecule has 1 saturated heterocycles. The van der Waals surface area contributed by atoms with Gasteiger partial charge in [-0.25, -0.2) is 0 Å². The summed E-state index contributed by atoms with van der Waals surface area (Å²) in [7, 11) is 0. The van der Waals surface area contributed by atoms with Crippen LogP contribution in [0.5, 0.6) is 5.75 Å². The van der Waals surface area contributed by atoms with E-state index in [9.17, 15) is 8.78 Å². The fourth-order valence-electron chi connectivity index (χ4n) is 2.21. The fourth-order valence-corrected chi connectivity index (χ4v) is 4.83. The summed E-state index contributed by atoms with van der Waals surface area (Å²) < 4.78 is 28.2. The minimum atomic E-state index is -0.780. The molecule has 1 aromatic carbocycles. The number of benzene rings is 1. The molecule has 0 bridgehead atoms. The molecule has 2 rings (SSSR count). The Balaban J connectivity index is 2.03. The van der Waals surface area contributed by atoms with Crippen molar-refractivity contribution < 1.29 is 13.9 Å². The van der Waals surface area contributed by atoms with Gasteiger partial charge in [0.05, 0.1) is 0 Å². The quantitative estimate of drug-likeness (QED) is 0.493. The summed E-state index contributed by atoms with van der Waals surface area (Å²) in [5, 5.41) is 9.13. The van der Waals surface area contributed by atoms with Gasteiger partial charge >= 0.3 is 119 Å². The molecule has 1 N–H and O–H groups in total. The van der Waals surface area contributed by atoms with Gasteiger partial charge in [0.25, 0.3) is 0 Å². The summed E-state index contributed by atoms with van der Waals surface area (Å²) in [5.41, 5.74) is 0.248. The number of phenols is 1. The number of halogens is 3. The van der Waals surface area contributed by atoms with E-state index in [1.807, 2.05) is 4.90 Å². The molecule has 3 nitrogen and oxygen atoms in total. The van der Waals surface area contributed by atoms with Crippen molar-refractivity contribution in [3.05, 3.63) is 23.8 Å². The zero-order chi connectivity index (χ0) is 14.0. The van der Waals surface area contributed by atoms with Crippen LogP contribution in [0.25, 0.3) is 0 Å². The van der Waals surface area contributed by atoms with Gasteiger partial charge in [-0.3, -0.25) is 0 Å². The molecule has 0 amide bonds. The Labute approximate surface area is 119 Å². The van der Waals surface area contributed by atoms with E-state index in [1.54, 1.807) is 0 Å². The predicted octanol–water partition coefficient (Wildman–Crippen LogP) is 2.52. The van der Waals surface area contributed by atoms with E-state index in [0.717, 1.165) is 25.2 Å². The monoisotopic (exact) mass is 384 g/mol. The van der Waals surface area contributed by atoms with E-state index in [2.05, 4.69) is 14.8 Å². The van der Waals surface area contributed by atoms with E-state index < -0.39 is 37.2 Å². The van der Waals surface area contributed by atoms with Crippen molar-refractivity contribution in [2.45, 2.75) is 0 Å². The molecule has 0 spiro atoms. The van der Waals surface area contributed by atoms with Gasteiger partial charge in [0.15, 0.2) is 0 Å². The summed E-state index contributed by atoms with van der Waals surface area (Å²) in [4.78, 5) is 8.89. The molecule has 1 heterocycles. The molecule has 1 aliphatic rings. The summed E-state index contributed by atoms with van der Waals surface area (Å²) >= 11 is -0.780. The van der Waals surface area contributed by atoms with Crippen molar-refractivity contribution in [2.75, 3.05) is 45.5 Å². The third-order valence-corrected chi connectivity index (χ3v) is 5.47. The van der Waals surface area contributed by atoms with E-state index in [0.29, 0.717) is 13.1 Å². The maximum atomic E-state index is 13.7. The van der Waals surface area contributed by atoms with Crippen LogP contribution in [-0.4, -0.2) is 50.6 Å². The van der Waals surface area contributed by atoms with Crippen LogP contribution in [-0.2, 0) is 0 Å². The van der Waals surface area contributed by atoms with Gasteiger partial charge in [-0.05, 0) is 0 Å². The van der Waals surface area contributed by atoms with E-state index in [1.165, 1.54) is 4.55 Å². The molecule has 0 aliphatic carbocycles. The second kappa shape index (κ2) is 6.21. The maximum absolute atomic E-state index is 13.7. The number of piperazine rings is 1. The first-order valence-corrected chi connectivity index (χ1v) is 11.9. The Morgan fingerprint density at radius 3 is 2.32 bits per heavy atom. The average molecular weight is 384 g/mol. The standard InChI is InChI=1S/C13H19F2IN2O/c1-16(2)9-17-3-5-18(6-4-17)12-7-11(15)13(19)8-10(12)14/h7-8,19H,3-6,9H2,1-2H3. The second-order valence-electron chi connectivity index (χ2n) is 4.89. The molecule has 1 fully saturated rings. The summed E-state index contributed by atoms with van der Waals surface area (Å²) in [6.45, 7) is 3.17. The molecule has 108 valence electrons. The summed E-state index contributed by atoms with van der Waals surface area (Å²) in [6.07, 6.45) is 0. The number of hydrogen-bond donors (Lipinski definition) is 1. The normalized spacial score (nSPS) is 17.7.